The molecule has 0 spiro atoms. The molecule has 2 nitrogen and oxygen atoms in total. The van der Waals surface area contributed by atoms with Crippen LogP contribution >= 0.6 is 27.3 Å². The fourth-order valence-electron chi connectivity index (χ4n) is 1.32. The molecule has 0 atom stereocenters. The van der Waals surface area contributed by atoms with E-state index >= 15 is 0 Å². The maximum Gasteiger partial charge on any atom is 0.251 e. The SMILES string of the molecule is O=C(NCc1ccsc1)c1ccc(F)c(Br)c1. The minimum Gasteiger partial charge on any atom is -0.348 e. The lowest BCUT2D eigenvalue weighted by Crippen LogP contribution is -2.22. The van der Waals surface area contributed by atoms with Crippen LogP contribution in [0.4, 0.5) is 4.39 Å². The van der Waals surface area contributed by atoms with Gasteiger partial charge in [0, 0.05) is 12.1 Å². The van der Waals surface area contributed by atoms with Gasteiger partial charge in [-0.2, -0.15) is 11.3 Å². The van der Waals surface area contributed by atoms with Gasteiger partial charge in [0.1, 0.15) is 5.82 Å². The molecule has 17 heavy (non-hydrogen) atoms. The van der Waals surface area contributed by atoms with Crippen LogP contribution in [-0.2, 0) is 6.54 Å². The summed E-state index contributed by atoms with van der Waals surface area (Å²) in [6, 6.07) is 6.15. The number of amides is 1. The maximum atomic E-state index is 13.0. The van der Waals surface area contributed by atoms with E-state index in [0.717, 1.165) is 5.56 Å². The van der Waals surface area contributed by atoms with Gasteiger partial charge in [0.2, 0.25) is 0 Å². The second-order valence-corrected chi connectivity index (χ2v) is 5.08. The third kappa shape index (κ3) is 3.14. The molecule has 0 radical (unpaired) electrons. The van der Waals surface area contributed by atoms with E-state index in [-0.39, 0.29) is 11.7 Å². The molecule has 1 N–H and O–H groups in total. The van der Waals surface area contributed by atoms with Crippen LogP contribution in [0.1, 0.15) is 15.9 Å². The van der Waals surface area contributed by atoms with Crippen LogP contribution in [-0.4, -0.2) is 5.91 Å². The molecule has 0 unspecified atom stereocenters. The van der Waals surface area contributed by atoms with Gasteiger partial charge in [-0.25, -0.2) is 4.39 Å². The quantitative estimate of drug-likeness (QED) is 0.922. The summed E-state index contributed by atoms with van der Waals surface area (Å²) in [5.41, 5.74) is 1.50. The van der Waals surface area contributed by atoms with Crippen LogP contribution in [0.15, 0.2) is 39.5 Å². The highest BCUT2D eigenvalue weighted by Gasteiger charge is 2.08. The number of halogens is 2. The lowest BCUT2D eigenvalue weighted by molar-refractivity contribution is 0.0951. The summed E-state index contributed by atoms with van der Waals surface area (Å²) in [6.45, 7) is 0.483. The van der Waals surface area contributed by atoms with Crippen molar-refractivity contribution < 1.29 is 9.18 Å². The van der Waals surface area contributed by atoms with Crippen LogP contribution in [0.3, 0.4) is 0 Å². The zero-order valence-electron chi connectivity index (χ0n) is 8.74. The van der Waals surface area contributed by atoms with Gasteiger partial charge in [0.25, 0.3) is 5.91 Å². The number of carbonyl (C=O) groups is 1. The third-order valence-electron chi connectivity index (χ3n) is 2.21. The number of hydrogen-bond acceptors (Lipinski definition) is 2. The number of hydrogen-bond donors (Lipinski definition) is 1. The second kappa shape index (κ2) is 5.42. The smallest absolute Gasteiger partial charge is 0.251 e. The van der Waals surface area contributed by atoms with Crippen molar-refractivity contribution >= 4 is 33.2 Å². The summed E-state index contributed by atoms with van der Waals surface area (Å²) in [5, 5.41) is 6.70. The average molecular weight is 314 g/mol. The van der Waals surface area contributed by atoms with Gasteiger partial charge >= 0.3 is 0 Å². The Bertz CT molecular complexity index is 527. The summed E-state index contributed by atoms with van der Waals surface area (Å²) in [5.74, 6) is -0.587. The molecule has 2 aromatic rings. The maximum absolute atomic E-state index is 13.0. The summed E-state index contributed by atoms with van der Waals surface area (Å²) in [4.78, 5) is 11.8. The highest BCUT2D eigenvalue weighted by atomic mass is 79.9. The summed E-state index contributed by atoms with van der Waals surface area (Å²) in [6.07, 6.45) is 0. The molecule has 88 valence electrons. The second-order valence-electron chi connectivity index (χ2n) is 3.44. The molecule has 0 aliphatic rings. The number of carbonyl (C=O) groups excluding carboxylic acids is 1. The van der Waals surface area contributed by atoms with Gasteiger partial charge in [-0.3, -0.25) is 4.79 Å². The topological polar surface area (TPSA) is 29.1 Å². The van der Waals surface area contributed by atoms with E-state index < -0.39 is 0 Å². The molecule has 0 saturated heterocycles. The van der Waals surface area contributed by atoms with E-state index in [1.807, 2.05) is 16.8 Å². The molecular formula is C12H9BrFNOS. The Hall–Kier alpha value is -1.20. The van der Waals surface area contributed by atoms with Gasteiger partial charge < -0.3 is 5.32 Å². The Labute approximate surface area is 111 Å². The standard InChI is InChI=1S/C12H9BrFNOS/c13-10-5-9(1-2-11(10)14)12(16)15-6-8-3-4-17-7-8/h1-5,7H,6H2,(H,15,16). The summed E-state index contributed by atoms with van der Waals surface area (Å²) in [7, 11) is 0. The minimum absolute atomic E-state index is 0.211. The zero-order chi connectivity index (χ0) is 12.3. The first-order valence-electron chi connectivity index (χ1n) is 4.91. The predicted molar refractivity (Wildman–Crippen MR) is 69.6 cm³/mol. The van der Waals surface area contributed by atoms with Gasteiger partial charge in [0.15, 0.2) is 0 Å². The van der Waals surface area contributed by atoms with Crippen molar-refractivity contribution in [3.8, 4) is 0 Å². The molecule has 0 aliphatic carbocycles. The molecule has 5 heteroatoms. The number of rotatable bonds is 3. The molecule has 1 aromatic carbocycles. The van der Waals surface area contributed by atoms with Crippen LogP contribution in [0, 0.1) is 5.82 Å². The Morgan fingerprint density at radius 3 is 2.88 bits per heavy atom. The van der Waals surface area contributed by atoms with Crippen molar-refractivity contribution in [1.82, 2.24) is 5.32 Å². The van der Waals surface area contributed by atoms with Crippen molar-refractivity contribution in [3.05, 3.63) is 56.4 Å². The molecule has 0 saturated carbocycles. The molecule has 0 aliphatic heterocycles. The average Bonchev–Trinajstić information content (AvgIpc) is 2.82. The predicted octanol–water partition coefficient (Wildman–Crippen LogP) is 3.58. The van der Waals surface area contributed by atoms with Crippen LogP contribution in [0.5, 0.6) is 0 Å². The van der Waals surface area contributed by atoms with Crippen LogP contribution < -0.4 is 5.32 Å². The van der Waals surface area contributed by atoms with Crippen molar-refractivity contribution in [2.45, 2.75) is 6.54 Å². The van der Waals surface area contributed by atoms with Crippen molar-refractivity contribution in [2.24, 2.45) is 0 Å². The van der Waals surface area contributed by atoms with Crippen molar-refractivity contribution in [1.29, 1.82) is 0 Å². The molecule has 1 amide bonds. The fraction of sp³-hybridized carbons (Fsp3) is 0.0833. The van der Waals surface area contributed by atoms with Crippen molar-refractivity contribution in [2.75, 3.05) is 0 Å². The first-order valence-corrected chi connectivity index (χ1v) is 6.65. The fourth-order valence-corrected chi connectivity index (χ4v) is 2.36. The van der Waals surface area contributed by atoms with Crippen LogP contribution in [0.25, 0.3) is 0 Å². The molecule has 0 bridgehead atoms. The first-order chi connectivity index (χ1) is 8.16. The normalized spacial score (nSPS) is 10.2. The monoisotopic (exact) mass is 313 g/mol. The van der Waals surface area contributed by atoms with E-state index in [2.05, 4.69) is 21.2 Å². The lowest BCUT2D eigenvalue weighted by Gasteiger charge is -2.04. The first kappa shape index (κ1) is 12.3. The Morgan fingerprint density at radius 1 is 1.41 bits per heavy atom. The van der Waals surface area contributed by atoms with E-state index in [9.17, 15) is 9.18 Å². The summed E-state index contributed by atoms with van der Waals surface area (Å²) < 4.78 is 13.3. The number of benzene rings is 1. The van der Waals surface area contributed by atoms with Crippen LogP contribution in [0.2, 0.25) is 0 Å². The number of nitrogens with one attached hydrogen (secondary N) is 1. The largest absolute Gasteiger partial charge is 0.348 e. The molecule has 0 fully saturated rings. The molecular weight excluding hydrogens is 305 g/mol. The molecule has 2 rings (SSSR count). The molecule has 1 aromatic heterocycles. The highest BCUT2D eigenvalue weighted by Crippen LogP contribution is 2.16. The number of thiophene rings is 1. The summed E-state index contributed by atoms with van der Waals surface area (Å²) >= 11 is 4.63. The zero-order valence-corrected chi connectivity index (χ0v) is 11.1. The Morgan fingerprint density at radius 2 is 2.24 bits per heavy atom. The Kier molecular flexibility index (Phi) is 3.91. The van der Waals surface area contributed by atoms with E-state index in [4.69, 9.17) is 0 Å². The van der Waals surface area contributed by atoms with Gasteiger partial charge in [-0.05, 0) is 56.5 Å². The highest BCUT2D eigenvalue weighted by molar-refractivity contribution is 9.10. The van der Waals surface area contributed by atoms with Crippen molar-refractivity contribution in [3.63, 3.8) is 0 Å². The third-order valence-corrected chi connectivity index (χ3v) is 3.55. The minimum atomic E-state index is -0.376. The van der Waals surface area contributed by atoms with Gasteiger partial charge in [-0.1, -0.05) is 0 Å². The Balaban J connectivity index is 2.02. The lowest BCUT2D eigenvalue weighted by atomic mass is 10.2. The van der Waals surface area contributed by atoms with Gasteiger partial charge in [-0.15, -0.1) is 0 Å². The van der Waals surface area contributed by atoms with E-state index in [0.29, 0.717) is 16.6 Å². The molecule has 1 heterocycles. The van der Waals surface area contributed by atoms with Gasteiger partial charge in [0.05, 0.1) is 4.47 Å². The van der Waals surface area contributed by atoms with E-state index in [1.54, 1.807) is 11.3 Å². The van der Waals surface area contributed by atoms with E-state index in [1.165, 1.54) is 18.2 Å².